The second kappa shape index (κ2) is 10.5. The molecular formula is C12H25N8O2. The summed E-state index contributed by atoms with van der Waals surface area (Å²) in [7, 11) is 0. The van der Waals surface area contributed by atoms with E-state index >= 15 is 0 Å². The molecule has 10 heteroatoms. The quantitative estimate of drug-likeness (QED) is 0.131. The molecule has 0 rings (SSSR count). The number of nitrogens with two attached hydrogens (primary N) is 4. The van der Waals surface area contributed by atoms with Gasteiger partial charge in [0.05, 0.1) is 12.1 Å². The Hall–Kier alpha value is -2.20. The lowest BCUT2D eigenvalue weighted by Gasteiger charge is -2.24. The van der Waals surface area contributed by atoms with Gasteiger partial charge in [-0.1, -0.05) is 0 Å². The summed E-state index contributed by atoms with van der Waals surface area (Å²) in [6.07, 6.45) is 3.32. The average molecular weight is 313 g/mol. The first-order chi connectivity index (χ1) is 10.3. The van der Waals surface area contributed by atoms with Crippen LogP contribution in [0, 0.1) is 10.8 Å². The second-order valence-corrected chi connectivity index (χ2v) is 4.83. The van der Waals surface area contributed by atoms with Crippen LogP contribution in [0.25, 0.3) is 0 Å². The minimum Gasteiger partial charge on any atom is -0.370 e. The highest BCUT2D eigenvalue weighted by atomic mass is 16.2. The van der Waals surface area contributed by atoms with Crippen LogP contribution in [0.4, 0.5) is 0 Å². The highest BCUT2D eigenvalue weighted by Gasteiger charge is 2.22. The molecule has 1 radical (unpaired) electrons. The Balaban J connectivity index is 4.30. The van der Waals surface area contributed by atoms with Crippen LogP contribution < -0.4 is 28.3 Å². The Morgan fingerprint density at radius 1 is 1.18 bits per heavy atom. The fourth-order valence-corrected chi connectivity index (χ4v) is 1.75. The van der Waals surface area contributed by atoms with Gasteiger partial charge in [0.15, 0.2) is 11.9 Å². The molecule has 0 spiro atoms. The number of nitrogens with one attached hydrogen (secondary N) is 3. The number of rotatable bonds is 10. The smallest absolute Gasteiger partial charge is 0.246 e. The van der Waals surface area contributed by atoms with Gasteiger partial charge < -0.3 is 28.3 Å². The molecule has 1 amide bonds. The molecule has 0 saturated carbocycles. The Bertz CT molecular complexity index is 401. The van der Waals surface area contributed by atoms with E-state index in [-0.39, 0.29) is 12.5 Å². The number of hydrogen-bond donors (Lipinski definition) is 7. The molecule has 0 aromatic carbocycles. The van der Waals surface area contributed by atoms with E-state index in [1.807, 2.05) is 0 Å². The van der Waals surface area contributed by atoms with E-state index in [2.05, 4.69) is 5.32 Å². The molecule has 0 fully saturated rings. The van der Waals surface area contributed by atoms with Crippen LogP contribution in [0.2, 0.25) is 0 Å². The minimum absolute atomic E-state index is 0.145. The molecule has 0 unspecified atom stereocenters. The summed E-state index contributed by atoms with van der Waals surface area (Å²) in [5.41, 5.74) is 21.7. The van der Waals surface area contributed by atoms with Gasteiger partial charge in [-0.2, -0.15) is 0 Å². The topological polar surface area (TPSA) is 201 Å². The fraction of sp³-hybridized carbons (Fsp3) is 0.667. The van der Waals surface area contributed by atoms with Gasteiger partial charge in [0.2, 0.25) is 12.2 Å². The van der Waals surface area contributed by atoms with Gasteiger partial charge in [0.1, 0.15) is 0 Å². The Morgan fingerprint density at radius 3 is 2.32 bits per heavy atom. The standard InChI is InChI=1S/C12H25N8O2/c13-8(7-21)3-2-6-20(12(17)18)10(22)9(14)4-1-5-19-11(15)16/h8-9H,1-6,13-14H2,(H3,17,18)(H4,15,16,19)/t8-,9+/m1/s1. The van der Waals surface area contributed by atoms with Crippen molar-refractivity contribution in [2.24, 2.45) is 22.9 Å². The van der Waals surface area contributed by atoms with Gasteiger partial charge in [-0.05, 0) is 25.7 Å². The molecule has 0 bridgehead atoms. The zero-order valence-electron chi connectivity index (χ0n) is 12.5. The van der Waals surface area contributed by atoms with Crippen LogP contribution in [0.5, 0.6) is 0 Å². The Labute approximate surface area is 129 Å². The van der Waals surface area contributed by atoms with Crippen molar-refractivity contribution in [3.8, 4) is 0 Å². The van der Waals surface area contributed by atoms with Crippen molar-refractivity contribution in [1.29, 1.82) is 10.8 Å². The van der Waals surface area contributed by atoms with Crippen molar-refractivity contribution in [2.45, 2.75) is 37.8 Å². The summed E-state index contributed by atoms with van der Waals surface area (Å²) in [6, 6.07) is -1.51. The largest absolute Gasteiger partial charge is 0.370 e. The molecule has 125 valence electrons. The second-order valence-electron chi connectivity index (χ2n) is 4.83. The predicted molar refractivity (Wildman–Crippen MR) is 83.7 cm³/mol. The third kappa shape index (κ3) is 8.17. The monoisotopic (exact) mass is 313 g/mol. The number of guanidine groups is 2. The minimum atomic E-state index is -0.802. The predicted octanol–water partition coefficient (Wildman–Crippen LogP) is -2.48. The zero-order chi connectivity index (χ0) is 17.1. The van der Waals surface area contributed by atoms with E-state index in [0.29, 0.717) is 32.2 Å². The molecule has 0 heterocycles. The van der Waals surface area contributed by atoms with Crippen molar-refractivity contribution in [3.05, 3.63) is 0 Å². The number of carbonyl (C=O) groups excluding carboxylic acids is 2. The summed E-state index contributed by atoms with van der Waals surface area (Å²) >= 11 is 0. The van der Waals surface area contributed by atoms with Crippen molar-refractivity contribution in [2.75, 3.05) is 13.1 Å². The van der Waals surface area contributed by atoms with E-state index < -0.39 is 24.0 Å². The maximum absolute atomic E-state index is 12.1. The van der Waals surface area contributed by atoms with Gasteiger partial charge in [0.25, 0.3) is 0 Å². The third-order valence-corrected chi connectivity index (χ3v) is 2.93. The molecule has 0 aromatic heterocycles. The molecule has 2 atom stereocenters. The zero-order valence-corrected chi connectivity index (χ0v) is 12.5. The highest BCUT2D eigenvalue weighted by molar-refractivity contribution is 5.97. The first-order valence-corrected chi connectivity index (χ1v) is 6.91. The molecule has 0 aliphatic heterocycles. The molecule has 0 aliphatic rings. The lowest BCUT2D eigenvalue weighted by atomic mass is 10.1. The normalized spacial score (nSPS) is 13.0. The first-order valence-electron chi connectivity index (χ1n) is 6.91. The maximum Gasteiger partial charge on any atom is 0.246 e. The lowest BCUT2D eigenvalue weighted by molar-refractivity contribution is -0.129. The number of amides is 1. The van der Waals surface area contributed by atoms with E-state index in [4.69, 9.17) is 33.8 Å². The van der Waals surface area contributed by atoms with Crippen LogP contribution in [0.3, 0.4) is 0 Å². The van der Waals surface area contributed by atoms with Gasteiger partial charge in [0, 0.05) is 13.1 Å². The van der Waals surface area contributed by atoms with E-state index in [0.717, 1.165) is 4.90 Å². The van der Waals surface area contributed by atoms with E-state index in [1.54, 1.807) is 6.29 Å². The highest BCUT2D eigenvalue weighted by Crippen LogP contribution is 2.03. The van der Waals surface area contributed by atoms with Gasteiger partial charge in [-0.25, -0.2) is 0 Å². The van der Waals surface area contributed by atoms with E-state index in [1.165, 1.54) is 0 Å². The molecule has 0 aliphatic carbocycles. The fourth-order valence-electron chi connectivity index (χ4n) is 1.75. The Morgan fingerprint density at radius 2 is 1.82 bits per heavy atom. The molecule has 11 N–H and O–H groups in total. The first kappa shape index (κ1) is 19.8. The number of carbonyl (C=O) groups is 1. The van der Waals surface area contributed by atoms with Crippen LogP contribution in [-0.4, -0.2) is 54.2 Å². The average Bonchev–Trinajstić information content (AvgIpc) is 2.46. The molecule has 10 nitrogen and oxygen atoms in total. The van der Waals surface area contributed by atoms with Gasteiger partial charge >= 0.3 is 0 Å². The van der Waals surface area contributed by atoms with Gasteiger partial charge in [-0.3, -0.25) is 25.3 Å². The van der Waals surface area contributed by atoms with Crippen LogP contribution >= 0.6 is 0 Å². The van der Waals surface area contributed by atoms with Crippen molar-refractivity contribution < 1.29 is 9.59 Å². The summed E-state index contributed by atoms with van der Waals surface area (Å²) in [5, 5.41) is 17.0. The molecule has 0 saturated heterocycles. The van der Waals surface area contributed by atoms with Crippen molar-refractivity contribution >= 4 is 24.1 Å². The molecular weight excluding hydrogens is 288 g/mol. The van der Waals surface area contributed by atoms with Gasteiger partial charge in [-0.15, -0.1) is 0 Å². The van der Waals surface area contributed by atoms with Crippen molar-refractivity contribution in [3.63, 3.8) is 0 Å². The SMILES string of the molecule is N=C(N)NCCC[C@H](N)C(=O)N(CCC[C@@H](N)[C]=O)C(=N)N. The molecule has 0 aromatic rings. The third-order valence-electron chi connectivity index (χ3n) is 2.93. The van der Waals surface area contributed by atoms with Crippen molar-refractivity contribution in [1.82, 2.24) is 10.2 Å². The Kier molecular flexibility index (Phi) is 9.46. The number of hydrogen-bond acceptors (Lipinski definition) is 6. The summed E-state index contributed by atoms with van der Waals surface area (Å²) in [6.45, 7) is 0.601. The summed E-state index contributed by atoms with van der Waals surface area (Å²) < 4.78 is 0. The van der Waals surface area contributed by atoms with E-state index in [9.17, 15) is 9.59 Å². The summed E-state index contributed by atoms with van der Waals surface area (Å²) in [4.78, 5) is 23.5. The summed E-state index contributed by atoms with van der Waals surface area (Å²) in [5.74, 6) is -1.00. The molecule has 22 heavy (non-hydrogen) atoms. The van der Waals surface area contributed by atoms with Crippen LogP contribution in [0.1, 0.15) is 25.7 Å². The maximum atomic E-state index is 12.1. The van der Waals surface area contributed by atoms with Crippen LogP contribution in [0.15, 0.2) is 0 Å². The number of nitrogens with zero attached hydrogens (tertiary/aromatic N) is 1. The lowest BCUT2D eigenvalue weighted by Crippen LogP contribution is -2.50. The van der Waals surface area contributed by atoms with Crippen LogP contribution in [-0.2, 0) is 9.59 Å².